The van der Waals surface area contributed by atoms with Crippen LogP contribution in [0.5, 0.6) is 0 Å². The number of morpholine rings is 1. The normalized spacial score (nSPS) is 29.3. The molecular formula is C30H50ClN3O. The number of nitrogens with zero attached hydrogens (tertiary/aromatic N) is 3. The van der Waals surface area contributed by atoms with Crippen molar-refractivity contribution in [2.75, 3.05) is 55.7 Å². The van der Waals surface area contributed by atoms with Gasteiger partial charge in [0.25, 0.3) is 0 Å². The van der Waals surface area contributed by atoms with Crippen molar-refractivity contribution in [1.29, 1.82) is 0 Å². The molecule has 2 aliphatic carbocycles. The van der Waals surface area contributed by atoms with Crippen LogP contribution in [0.15, 0.2) is 18.2 Å². The maximum Gasteiger partial charge on any atom is 0.0642 e. The lowest BCUT2D eigenvalue weighted by Crippen LogP contribution is -2.54. The molecule has 1 aromatic carbocycles. The van der Waals surface area contributed by atoms with Gasteiger partial charge in [0.05, 0.1) is 13.2 Å². The number of halogens is 1. The van der Waals surface area contributed by atoms with E-state index in [2.05, 4.69) is 60.6 Å². The smallest absolute Gasteiger partial charge is 0.0642 e. The van der Waals surface area contributed by atoms with Gasteiger partial charge in [0.1, 0.15) is 0 Å². The van der Waals surface area contributed by atoms with Crippen LogP contribution >= 0.6 is 12.4 Å². The van der Waals surface area contributed by atoms with Gasteiger partial charge in [-0.05, 0) is 86.5 Å². The molecule has 2 heterocycles. The van der Waals surface area contributed by atoms with E-state index in [-0.39, 0.29) is 12.4 Å². The van der Waals surface area contributed by atoms with E-state index >= 15 is 0 Å². The predicted octanol–water partition coefficient (Wildman–Crippen LogP) is 6.72. The summed E-state index contributed by atoms with van der Waals surface area (Å²) in [5.41, 5.74) is 5.03. The summed E-state index contributed by atoms with van der Waals surface area (Å²) in [6.45, 7) is 17.2. The van der Waals surface area contributed by atoms with Crippen molar-refractivity contribution in [3.05, 3.63) is 23.8 Å². The molecule has 5 heteroatoms. The zero-order valence-electron chi connectivity index (χ0n) is 22.8. The summed E-state index contributed by atoms with van der Waals surface area (Å²) in [5.74, 6) is 1.57. The molecule has 1 atom stereocenters. The van der Waals surface area contributed by atoms with Crippen LogP contribution in [0, 0.1) is 11.3 Å². The molecule has 4 fully saturated rings. The molecule has 1 aromatic rings. The number of hydrogen-bond acceptors (Lipinski definition) is 4. The quantitative estimate of drug-likeness (QED) is 0.454. The lowest BCUT2D eigenvalue weighted by atomic mass is 9.68. The second-order valence-electron chi connectivity index (χ2n) is 12.7. The summed E-state index contributed by atoms with van der Waals surface area (Å²) >= 11 is 0. The van der Waals surface area contributed by atoms with E-state index in [0.29, 0.717) is 17.4 Å². The average molecular weight is 504 g/mol. The lowest BCUT2D eigenvalue weighted by Gasteiger charge is -2.45. The number of ether oxygens (including phenoxy) is 1. The van der Waals surface area contributed by atoms with Gasteiger partial charge < -0.3 is 14.5 Å². The number of benzene rings is 1. The second kappa shape index (κ2) is 11.6. The fraction of sp³-hybridized carbons (Fsp3) is 0.800. The summed E-state index contributed by atoms with van der Waals surface area (Å²) in [4.78, 5) is 8.11. The molecule has 0 bridgehead atoms. The standard InChI is InChI=1S/C30H49N3O.ClH/c1-23-22-32(26-7-5-6-8-26)15-16-33(23)29-14-13-27(31-17-19-34-20-18-31)21-28(29)24-9-11-25(12-10-24)30(2,3)4;/h13-14,21,23-26H,5-12,15-20,22H2,1-4H3;1H. The van der Waals surface area contributed by atoms with Crippen LogP contribution in [0.2, 0.25) is 0 Å². The van der Waals surface area contributed by atoms with Gasteiger partial charge in [-0.25, -0.2) is 0 Å². The fourth-order valence-electron chi connectivity index (χ4n) is 7.36. The Morgan fingerprint density at radius 2 is 1.54 bits per heavy atom. The first kappa shape index (κ1) is 27.1. The van der Waals surface area contributed by atoms with Crippen LogP contribution in [0.25, 0.3) is 0 Å². The highest BCUT2D eigenvalue weighted by Gasteiger charge is 2.34. The van der Waals surface area contributed by atoms with Crippen molar-refractivity contribution < 1.29 is 4.74 Å². The molecule has 0 aromatic heterocycles. The van der Waals surface area contributed by atoms with Crippen LogP contribution in [0.4, 0.5) is 11.4 Å². The Bertz CT molecular complexity index is 804. The summed E-state index contributed by atoms with van der Waals surface area (Å²) in [5, 5.41) is 0. The predicted molar refractivity (Wildman–Crippen MR) is 152 cm³/mol. The van der Waals surface area contributed by atoms with Crippen LogP contribution in [-0.4, -0.2) is 62.9 Å². The molecule has 0 amide bonds. The fourth-order valence-corrected chi connectivity index (χ4v) is 7.36. The topological polar surface area (TPSA) is 19.0 Å². The molecular weight excluding hydrogens is 454 g/mol. The first-order chi connectivity index (χ1) is 16.4. The summed E-state index contributed by atoms with van der Waals surface area (Å²) in [6.07, 6.45) is 11.1. The highest BCUT2D eigenvalue weighted by molar-refractivity contribution is 5.85. The second-order valence-corrected chi connectivity index (χ2v) is 12.7. The lowest BCUT2D eigenvalue weighted by molar-refractivity contribution is 0.122. The van der Waals surface area contributed by atoms with Crippen molar-refractivity contribution in [2.24, 2.45) is 11.3 Å². The molecule has 35 heavy (non-hydrogen) atoms. The third kappa shape index (κ3) is 6.13. The molecule has 0 radical (unpaired) electrons. The van der Waals surface area contributed by atoms with Crippen molar-refractivity contribution in [3.63, 3.8) is 0 Å². The van der Waals surface area contributed by atoms with Crippen molar-refractivity contribution in [1.82, 2.24) is 4.90 Å². The molecule has 0 N–H and O–H groups in total. The molecule has 1 unspecified atom stereocenters. The van der Waals surface area contributed by atoms with Crippen LogP contribution in [0.1, 0.15) is 90.5 Å². The van der Waals surface area contributed by atoms with Crippen LogP contribution < -0.4 is 9.80 Å². The van der Waals surface area contributed by atoms with E-state index in [4.69, 9.17) is 4.74 Å². The molecule has 5 rings (SSSR count). The van der Waals surface area contributed by atoms with Gasteiger partial charge in [0.2, 0.25) is 0 Å². The molecule has 2 aliphatic heterocycles. The maximum atomic E-state index is 5.64. The van der Waals surface area contributed by atoms with Gasteiger partial charge in [-0.3, -0.25) is 4.90 Å². The maximum absolute atomic E-state index is 5.64. The Hall–Kier alpha value is -0.970. The average Bonchev–Trinajstić information content (AvgIpc) is 3.39. The third-order valence-corrected chi connectivity index (χ3v) is 9.59. The van der Waals surface area contributed by atoms with E-state index in [1.807, 2.05) is 0 Å². The highest BCUT2D eigenvalue weighted by atomic mass is 35.5. The Balaban J connectivity index is 0.00000289. The van der Waals surface area contributed by atoms with Gasteiger partial charge in [-0.15, -0.1) is 12.4 Å². The van der Waals surface area contributed by atoms with E-state index < -0.39 is 0 Å². The molecule has 2 saturated heterocycles. The van der Waals surface area contributed by atoms with E-state index in [1.54, 1.807) is 5.56 Å². The first-order valence-corrected chi connectivity index (χ1v) is 14.4. The minimum absolute atomic E-state index is 0. The summed E-state index contributed by atoms with van der Waals surface area (Å²) < 4.78 is 5.64. The Morgan fingerprint density at radius 1 is 0.857 bits per heavy atom. The zero-order chi connectivity index (χ0) is 23.7. The van der Waals surface area contributed by atoms with E-state index in [9.17, 15) is 0 Å². The van der Waals surface area contributed by atoms with Gasteiger partial charge >= 0.3 is 0 Å². The Morgan fingerprint density at radius 3 is 2.17 bits per heavy atom. The molecule has 198 valence electrons. The van der Waals surface area contributed by atoms with Crippen molar-refractivity contribution >= 4 is 23.8 Å². The molecule has 4 nitrogen and oxygen atoms in total. The van der Waals surface area contributed by atoms with E-state index in [0.717, 1.165) is 38.3 Å². The van der Waals surface area contributed by atoms with Gasteiger partial charge in [0, 0.05) is 56.2 Å². The monoisotopic (exact) mass is 503 g/mol. The van der Waals surface area contributed by atoms with Crippen molar-refractivity contribution in [3.8, 4) is 0 Å². The third-order valence-electron chi connectivity index (χ3n) is 9.59. The van der Waals surface area contributed by atoms with Crippen LogP contribution in [-0.2, 0) is 4.74 Å². The molecule has 0 spiro atoms. The van der Waals surface area contributed by atoms with Gasteiger partial charge in [0.15, 0.2) is 0 Å². The zero-order valence-corrected chi connectivity index (χ0v) is 23.6. The minimum Gasteiger partial charge on any atom is -0.378 e. The highest BCUT2D eigenvalue weighted by Crippen LogP contribution is 2.46. The van der Waals surface area contributed by atoms with Crippen LogP contribution in [0.3, 0.4) is 0 Å². The minimum atomic E-state index is 0. The number of hydrogen-bond donors (Lipinski definition) is 0. The Labute approximate surface area is 221 Å². The Kier molecular flexibility index (Phi) is 8.98. The largest absolute Gasteiger partial charge is 0.378 e. The summed E-state index contributed by atoms with van der Waals surface area (Å²) in [6, 6.07) is 8.91. The first-order valence-electron chi connectivity index (χ1n) is 14.4. The van der Waals surface area contributed by atoms with Gasteiger partial charge in [-0.2, -0.15) is 0 Å². The van der Waals surface area contributed by atoms with Crippen molar-refractivity contribution in [2.45, 2.75) is 97.1 Å². The number of piperazine rings is 1. The SMILES string of the molecule is CC1CN(C2CCCC2)CCN1c1ccc(N2CCOCC2)cc1C1CCC(C(C)(C)C)CC1.Cl. The number of rotatable bonds is 4. The molecule has 2 saturated carbocycles. The van der Waals surface area contributed by atoms with E-state index in [1.165, 1.54) is 82.4 Å². The summed E-state index contributed by atoms with van der Waals surface area (Å²) in [7, 11) is 0. The molecule has 4 aliphatic rings. The number of anilines is 2. The van der Waals surface area contributed by atoms with Gasteiger partial charge in [-0.1, -0.05) is 33.6 Å².